The first-order valence-corrected chi connectivity index (χ1v) is 12.7. The van der Waals surface area contributed by atoms with E-state index in [9.17, 15) is 18.0 Å². The summed E-state index contributed by atoms with van der Waals surface area (Å²) < 4.78 is 53.4. The van der Waals surface area contributed by atoms with E-state index in [0.29, 0.717) is 28.1 Å². The van der Waals surface area contributed by atoms with E-state index in [1.54, 1.807) is 56.5 Å². The number of halogens is 3. The average molecular weight is 569 g/mol. The molecule has 0 saturated carbocycles. The molecule has 0 bridgehead atoms. The Labute approximate surface area is 239 Å². The molecular weight excluding hydrogens is 545 g/mol. The maximum atomic E-state index is 14.1. The lowest BCUT2D eigenvalue weighted by atomic mass is 10.0. The number of methoxy groups -OCH3 is 1. The molecule has 7 nitrogen and oxygen atoms in total. The number of nitrogens with one attached hydrogen (secondary N) is 1. The molecule has 42 heavy (non-hydrogen) atoms. The van der Waals surface area contributed by atoms with Gasteiger partial charge in [-0.15, -0.1) is 0 Å². The van der Waals surface area contributed by atoms with Crippen LogP contribution >= 0.6 is 0 Å². The second-order valence-corrected chi connectivity index (χ2v) is 9.09. The molecule has 1 N–H and O–H groups in total. The first-order valence-electron chi connectivity index (χ1n) is 12.7. The van der Waals surface area contributed by atoms with E-state index >= 15 is 0 Å². The van der Waals surface area contributed by atoms with Gasteiger partial charge in [0.05, 0.1) is 29.5 Å². The quantitative estimate of drug-likeness (QED) is 0.245. The number of benzene rings is 3. The molecule has 0 fully saturated rings. The molecule has 210 valence electrons. The zero-order chi connectivity index (χ0) is 29.7. The van der Waals surface area contributed by atoms with Gasteiger partial charge in [0.15, 0.2) is 5.82 Å². The number of pyridine rings is 1. The van der Waals surface area contributed by atoms with E-state index in [-0.39, 0.29) is 24.0 Å². The molecule has 5 rings (SSSR count). The highest BCUT2D eigenvalue weighted by Gasteiger charge is 2.36. The molecule has 0 aliphatic rings. The van der Waals surface area contributed by atoms with E-state index < -0.39 is 23.0 Å². The molecule has 0 aliphatic carbocycles. The van der Waals surface area contributed by atoms with Gasteiger partial charge in [-0.25, -0.2) is 9.78 Å². The van der Waals surface area contributed by atoms with Crippen LogP contribution in [0.1, 0.15) is 28.1 Å². The number of rotatable bonds is 6. The molecule has 3 aromatic carbocycles. The van der Waals surface area contributed by atoms with Gasteiger partial charge in [0, 0.05) is 16.8 Å². The summed E-state index contributed by atoms with van der Waals surface area (Å²) >= 11 is 0. The molecule has 10 heteroatoms. The van der Waals surface area contributed by atoms with Crippen LogP contribution in [0.4, 0.5) is 13.2 Å². The van der Waals surface area contributed by atoms with E-state index in [0.717, 1.165) is 11.8 Å². The van der Waals surface area contributed by atoms with E-state index in [1.807, 2.05) is 24.3 Å². The fourth-order valence-electron chi connectivity index (χ4n) is 4.19. The third-order valence-electron chi connectivity index (χ3n) is 6.13. The van der Waals surface area contributed by atoms with Gasteiger partial charge in [0.25, 0.3) is 0 Å². The number of nitrogens with zero attached hydrogens (tertiary/aromatic N) is 3. The molecule has 2 heterocycles. The maximum absolute atomic E-state index is 14.1. The lowest BCUT2D eigenvalue weighted by molar-refractivity contribution is -0.137. The predicted molar refractivity (Wildman–Crippen MR) is 151 cm³/mol. The topological polar surface area (TPSA) is 90.0 Å². The van der Waals surface area contributed by atoms with Gasteiger partial charge in [-0.05, 0) is 67.6 Å². The fourth-order valence-corrected chi connectivity index (χ4v) is 4.19. The number of ether oxygens (including phenoxy) is 2. The molecule has 0 spiro atoms. The molecule has 0 atom stereocenters. The Morgan fingerprint density at radius 1 is 0.833 bits per heavy atom. The van der Waals surface area contributed by atoms with Crippen molar-refractivity contribution >= 4 is 0 Å². The fraction of sp³-hybridized carbons (Fsp3) is 0.125. The average Bonchev–Trinajstić information content (AvgIpc) is 2.98. The molecule has 0 aliphatic heterocycles. The van der Waals surface area contributed by atoms with Gasteiger partial charge in [-0.3, -0.25) is 9.97 Å². The Bertz CT molecular complexity index is 1860. The van der Waals surface area contributed by atoms with Crippen molar-refractivity contribution in [1.29, 1.82) is 0 Å². The molecule has 2 aromatic heterocycles. The Kier molecular flexibility index (Phi) is 8.02. The second-order valence-electron chi connectivity index (χ2n) is 9.09. The monoisotopic (exact) mass is 568 g/mol. The minimum absolute atomic E-state index is 0.0544. The summed E-state index contributed by atoms with van der Waals surface area (Å²) in [6.45, 7) is 1.71. The predicted octanol–water partition coefficient (Wildman–Crippen LogP) is 6.21. The zero-order valence-corrected chi connectivity index (χ0v) is 22.5. The Morgan fingerprint density at radius 2 is 1.57 bits per heavy atom. The molecule has 0 radical (unpaired) electrons. The zero-order valence-electron chi connectivity index (χ0n) is 22.5. The largest absolute Gasteiger partial charge is 0.495 e. The summed E-state index contributed by atoms with van der Waals surface area (Å²) in [5, 5.41) is 0. The first kappa shape index (κ1) is 28.1. The van der Waals surface area contributed by atoms with Gasteiger partial charge < -0.3 is 9.47 Å². The summed E-state index contributed by atoms with van der Waals surface area (Å²) in [6.07, 6.45) is -4.75. The van der Waals surface area contributed by atoms with Crippen LogP contribution in [-0.4, -0.2) is 27.0 Å². The molecular formula is C32H23F3N4O3. The van der Waals surface area contributed by atoms with E-state index in [1.165, 1.54) is 12.1 Å². The van der Waals surface area contributed by atoms with Crippen molar-refractivity contribution in [2.75, 3.05) is 7.11 Å². The highest BCUT2D eigenvalue weighted by molar-refractivity contribution is 5.71. The van der Waals surface area contributed by atoms with Crippen LogP contribution in [-0.2, 0) is 12.8 Å². The SMILES string of the molecule is COc1ccccc1C#Cc1ccc(-c2nc(-c3c(OCc4cccc(C)n4)cccc3C(F)(F)F)[nH]c(=O)n2)cc1. The van der Waals surface area contributed by atoms with Crippen molar-refractivity contribution in [2.45, 2.75) is 19.7 Å². The highest BCUT2D eigenvalue weighted by atomic mass is 19.4. The summed E-state index contributed by atoms with van der Waals surface area (Å²) in [4.78, 5) is 27.4. The highest BCUT2D eigenvalue weighted by Crippen LogP contribution is 2.41. The van der Waals surface area contributed by atoms with Crippen molar-refractivity contribution in [3.8, 4) is 46.1 Å². The Balaban J connectivity index is 1.50. The number of alkyl halides is 3. The minimum atomic E-state index is -4.75. The summed E-state index contributed by atoms with van der Waals surface area (Å²) in [7, 11) is 1.56. The normalized spacial score (nSPS) is 11.0. The number of aromatic amines is 1. The number of para-hydroxylation sites is 1. The smallest absolute Gasteiger partial charge is 0.417 e. The van der Waals surface area contributed by atoms with Crippen molar-refractivity contribution in [3.63, 3.8) is 0 Å². The minimum Gasteiger partial charge on any atom is -0.495 e. The maximum Gasteiger partial charge on any atom is 0.417 e. The first-order chi connectivity index (χ1) is 20.2. The van der Waals surface area contributed by atoms with Crippen molar-refractivity contribution in [1.82, 2.24) is 19.9 Å². The van der Waals surface area contributed by atoms with Gasteiger partial charge in [0.1, 0.15) is 23.9 Å². The van der Waals surface area contributed by atoms with Gasteiger partial charge in [-0.1, -0.05) is 36.1 Å². The number of hydrogen-bond acceptors (Lipinski definition) is 6. The van der Waals surface area contributed by atoms with E-state index in [2.05, 4.69) is 31.8 Å². The van der Waals surface area contributed by atoms with Crippen LogP contribution in [0.5, 0.6) is 11.5 Å². The molecule has 0 unspecified atom stereocenters. The molecule has 0 saturated heterocycles. The van der Waals surface area contributed by atoms with Gasteiger partial charge in [-0.2, -0.15) is 18.2 Å². The van der Waals surface area contributed by atoms with Crippen molar-refractivity contribution in [3.05, 3.63) is 123 Å². The summed E-state index contributed by atoms with van der Waals surface area (Å²) in [5.41, 5.74) is 0.784. The van der Waals surface area contributed by atoms with Crippen LogP contribution in [0.2, 0.25) is 0 Å². The van der Waals surface area contributed by atoms with Crippen LogP contribution in [0.15, 0.2) is 89.7 Å². The van der Waals surface area contributed by atoms with Crippen molar-refractivity contribution < 1.29 is 22.6 Å². The molecule has 5 aromatic rings. The van der Waals surface area contributed by atoms with E-state index in [4.69, 9.17) is 9.47 Å². The Hall–Kier alpha value is -5.43. The van der Waals surface area contributed by atoms with Crippen LogP contribution in [0.25, 0.3) is 22.8 Å². The van der Waals surface area contributed by atoms with Crippen LogP contribution < -0.4 is 15.2 Å². The number of aromatic nitrogens is 4. The van der Waals surface area contributed by atoms with Gasteiger partial charge >= 0.3 is 11.9 Å². The second kappa shape index (κ2) is 12.0. The number of aryl methyl sites for hydroxylation is 1. The standard InChI is InChI=1S/C32H23F3N4O3/c1-20-7-5-9-24(36-20)19-42-27-12-6-10-25(32(33,34)35)28(27)30-37-29(38-31(40)39-30)23-17-14-21(15-18-23)13-16-22-8-3-4-11-26(22)41-2/h3-12,14-15,17-18H,19H2,1-2H3,(H,37,38,39,40). The van der Waals surface area contributed by atoms with Crippen LogP contribution in [0.3, 0.4) is 0 Å². The van der Waals surface area contributed by atoms with Crippen LogP contribution in [0, 0.1) is 18.8 Å². The number of hydrogen-bond donors (Lipinski definition) is 1. The third kappa shape index (κ3) is 6.47. The number of H-pyrrole nitrogens is 1. The lowest BCUT2D eigenvalue weighted by Crippen LogP contribution is -2.17. The summed E-state index contributed by atoms with van der Waals surface area (Å²) in [5.74, 6) is 6.23. The third-order valence-corrected chi connectivity index (χ3v) is 6.13. The summed E-state index contributed by atoms with van der Waals surface area (Å²) in [6, 6.07) is 22.8. The lowest BCUT2D eigenvalue weighted by Gasteiger charge is -2.17. The Morgan fingerprint density at radius 3 is 2.31 bits per heavy atom. The molecule has 0 amide bonds. The van der Waals surface area contributed by atoms with Gasteiger partial charge in [0.2, 0.25) is 0 Å². The van der Waals surface area contributed by atoms with Crippen molar-refractivity contribution in [2.24, 2.45) is 0 Å².